The molecule has 0 aliphatic carbocycles. The van der Waals surface area contributed by atoms with Crippen molar-refractivity contribution in [1.29, 1.82) is 0 Å². The second kappa shape index (κ2) is 9.49. The van der Waals surface area contributed by atoms with Gasteiger partial charge in [-0.2, -0.15) is 0 Å². The van der Waals surface area contributed by atoms with Crippen molar-refractivity contribution in [3.63, 3.8) is 0 Å². The lowest BCUT2D eigenvalue weighted by molar-refractivity contribution is -0.132. The van der Waals surface area contributed by atoms with Gasteiger partial charge in [-0.1, -0.05) is 24.3 Å². The quantitative estimate of drug-likeness (QED) is 0.170. The highest BCUT2D eigenvalue weighted by Gasteiger charge is 2.14. The lowest BCUT2D eigenvalue weighted by Crippen LogP contribution is -1.94. The van der Waals surface area contributed by atoms with Crippen molar-refractivity contribution in [3.05, 3.63) is 101 Å². The Morgan fingerprint density at radius 1 is 0.838 bits per heavy atom. The average molecular weight is 537 g/mol. The first-order valence-electron chi connectivity index (χ1n) is 11.7. The van der Waals surface area contributed by atoms with Gasteiger partial charge in [0.15, 0.2) is 0 Å². The van der Waals surface area contributed by atoms with Crippen molar-refractivity contribution in [2.45, 2.75) is 13.5 Å². The van der Waals surface area contributed by atoms with Crippen LogP contribution in [0.15, 0.2) is 84.6 Å². The van der Waals surface area contributed by atoms with E-state index >= 15 is 0 Å². The molecular weight excluding hydrogens is 517 g/mol. The van der Waals surface area contributed by atoms with Gasteiger partial charge in [0, 0.05) is 57.6 Å². The number of hydrogen-bond donors (Lipinski definition) is 1. The van der Waals surface area contributed by atoms with E-state index in [4.69, 9.17) is 11.7 Å². The topological polar surface area (TPSA) is 46.6 Å². The summed E-state index contributed by atoms with van der Waals surface area (Å²) < 4.78 is 2.37. The van der Waals surface area contributed by atoms with Crippen molar-refractivity contribution in [1.82, 2.24) is 4.57 Å². The Bertz CT molecular complexity index is 1870. The number of carbonyl (C=O) groups is 1. The molecule has 4 nitrogen and oxygen atoms in total. The van der Waals surface area contributed by atoms with Crippen LogP contribution in [-0.2, 0) is 11.3 Å². The van der Waals surface area contributed by atoms with Crippen molar-refractivity contribution < 1.29 is 9.90 Å². The molecule has 7 heteroatoms. The van der Waals surface area contributed by atoms with Gasteiger partial charge in [0.2, 0.25) is 0 Å². The van der Waals surface area contributed by atoms with Gasteiger partial charge in [0.25, 0.3) is 5.70 Å². The maximum Gasteiger partial charge on any atom is 0.333 e. The molecule has 0 saturated heterocycles. The Hall–Kier alpha value is -3.96. The zero-order valence-corrected chi connectivity index (χ0v) is 22.2. The Morgan fingerprint density at radius 3 is 2.16 bits per heavy atom. The van der Waals surface area contributed by atoms with Gasteiger partial charge >= 0.3 is 5.97 Å². The number of aromatic nitrogens is 1. The van der Waals surface area contributed by atoms with E-state index in [9.17, 15) is 4.79 Å². The molecule has 0 aliphatic heterocycles. The number of hydrogen-bond acceptors (Lipinski definition) is 4. The van der Waals surface area contributed by atoms with Crippen LogP contribution in [0.5, 0.6) is 0 Å². The summed E-state index contributed by atoms with van der Waals surface area (Å²) in [5.74, 6) is -1.20. The number of benzene rings is 2. The predicted molar refractivity (Wildman–Crippen MR) is 157 cm³/mol. The summed E-state index contributed by atoms with van der Waals surface area (Å²) in [7, 11) is 0. The third kappa shape index (κ3) is 4.19. The molecule has 6 rings (SSSR count). The lowest BCUT2D eigenvalue weighted by Gasteiger charge is -2.03. The zero-order valence-electron chi connectivity index (χ0n) is 19.8. The molecule has 1 N–H and O–H groups in total. The minimum absolute atomic E-state index is 0.274. The van der Waals surface area contributed by atoms with Gasteiger partial charge in [-0.05, 0) is 73.2 Å². The number of aliphatic carboxylic acids is 1. The molecule has 180 valence electrons. The number of thiophene rings is 3. The molecule has 0 unspecified atom stereocenters. The summed E-state index contributed by atoms with van der Waals surface area (Å²) in [4.78, 5) is 20.8. The average Bonchev–Trinajstić information content (AvgIpc) is 3.71. The van der Waals surface area contributed by atoms with Crippen LogP contribution < -0.4 is 0 Å². The van der Waals surface area contributed by atoms with Crippen LogP contribution in [0.4, 0.5) is 0 Å². The van der Waals surface area contributed by atoms with Crippen molar-refractivity contribution in [3.8, 4) is 29.9 Å². The minimum atomic E-state index is -1.20. The smallest absolute Gasteiger partial charge is 0.333 e. The molecule has 0 radical (unpaired) electrons. The molecule has 0 saturated carbocycles. The monoisotopic (exact) mass is 536 g/mol. The third-order valence-corrected chi connectivity index (χ3v) is 9.96. The van der Waals surface area contributed by atoms with E-state index in [1.165, 1.54) is 59.4 Å². The highest BCUT2D eigenvalue weighted by atomic mass is 32.1. The van der Waals surface area contributed by atoms with Crippen molar-refractivity contribution in [2.24, 2.45) is 0 Å². The lowest BCUT2D eigenvalue weighted by atomic mass is 10.1. The van der Waals surface area contributed by atoms with Gasteiger partial charge in [0.1, 0.15) is 0 Å². The first-order chi connectivity index (χ1) is 18.1. The van der Waals surface area contributed by atoms with E-state index in [0.717, 1.165) is 21.2 Å². The van der Waals surface area contributed by atoms with Crippen LogP contribution in [-0.4, -0.2) is 15.6 Å². The second-order valence-corrected chi connectivity index (χ2v) is 11.8. The van der Waals surface area contributed by atoms with Gasteiger partial charge in [0.05, 0.1) is 6.57 Å². The number of fused-ring (bicyclic) bond motifs is 3. The van der Waals surface area contributed by atoms with Crippen LogP contribution in [0.25, 0.3) is 62.7 Å². The second-order valence-electron chi connectivity index (χ2n) is 8.47. The summed E-state index contributed by atoms with van der Waals surface area (Å²) in [6.45, 7) is 10.2. The summed E-state index contributed by atoms with van der Waals surface area (Å²) in [5, 5.41) is 11.7. The van der Waals surface area contributed by atoms with E-state index in [-0.39, 0.29) is 5.70 Å². The Labute approximate surface area is 225 Å². The third-order valence-electron chi connectivity index (χ3n) is 6.32. The highest BCUT2D eigenvalue weighted by molar-refractivity contribution is 7.27. The van der Waals surface area contributed by atoms with E-state index in [1.54, 1.807) is 22.7 Å². The molecule has 2 aromatic carbocycles. The summed E-state index contributed by atoms with van der Waals surface area (Å²) in [6, 6.07) is 27.9. The van der Waals surface area contributed by atoms with Crippen LogP contribution in [0.3, 0.4) is 0 Å². The van der Waals surface area contributed by atoms with Gasteiger partial charge in [-0.25, -0.2) is 4.85 Å². The Morgan fingerprint density at radius 2 is 1.46 bits per heavy atom. The standard InChI is InChI=1S/C30H20N2O2S3/c1-3-32-23-7-5-4-6-20(23)21-16-18(8-10-24(21)32)25-12-13-28(36-25)29-15-14-27(37-29)26-11-9-19(35-26)17-22(31-2)30(33)34/h4-17H,3H2,1H3,(H,33,34)/b22-17-. The molecule has 0 spiro atoms. The Balaban J connectivity index is 1.30. The predicted octanol–water partition coefficient (Wildman–Crippen LogP) is 9.34. The molecule has 0 fully saturated rings. The molecular formula is C30H20N2O2S3. The maximum absolute atomic E-state index is 11.1. The maximum atomic E-state index is 11.1. The molecule has 0 bridgehead atoms. The van der Waals surface area contributed by atoms with Crippen molar-refractivity contribution in [2.75, 3.05) is 0 Å². The number of carboxylic acid groups (broad SMARTS) is 1. The van der Waals surface area contributed by atoms with E-state index in [2.05, 4.69) is 83.1 Å². The number of aryl methyl sites for hydroxylation is 1. The largest absolute Gasteiger partial charge is 0.486 e. The molecule has 37 heavy (non-hydrogen) atoms. The molecule has 4 heterocycles. The first kappa shape index (κ1) is 23.4. The number of carboxylic acids is 1. The zero-order chi connectivity index (χ0) is 25.5. The molecule has 0 aliphatic rings. The van der Waals surface area contributed by atoms with E-state index < -0.39 is 5.97 Å². The van der Waals surface area contributed by atoms with Gasteiger partial charge in [-0.15, -0.1) is 34.0 Å². The van der Waals surface area contributed by atoms with Crippen LogP contribution >= 0.6 is 34.0 Å². The van der Waals surface area contributed by atoms with Crippen LogP contribution in [0.1, 0.15) is 11.8 Å². The SMILES string of the molecule is [C-]#[N+]/C(=C\c1ccc(-c2ccc(-c3ccc(-c4ccc5c(c4)c4ccccc4n5CC)s3)s2)s1)C(=O)O. The molecule has 4 aromatic heterocycles. The Kier molecular flexibility index (Phi) is 6.01. The molecule has 6 aromatic rings. The van der Waals surface area contributed by atoms with Crippen LogP contribution in [0.2, 0.25) is 0 Å². The summed E-state index contributed by atoms with van der Waals surface area (Å²) >= 11 is 5.01. The molecule has 0 atom stereocenters. The molecule has 0 amide bonds. The fourth-order valence-corrected chi connectivity index (χ4v) is 7.75. The fourth-order valence-electron chi connectivity index (χ4n) is 4.62. The first-order valence-corrected chi connectivity index (χ1v) is 14.1. The van der Waals surface area contributed by atoms with Crippen molar-refractivity contribution >= 4 is 67.9 Å². The number of para-hydroxylation sites is 1. The van der Waals surface area contributed by atoms with Crippen LogP contribution in [0, 0.1) is 6.57 Å². The summed E-state index contributed by atoms with van der Waals surface area (Å²) in [6.07, 6.45) is 1.43. The minimum Gasteiger partial charge on any atom is -0.486 e. The normalized spacial score (nSPS) is 11.8. The fraction of sp³-hybridized carbons (Fsp3) is 0.0667. The summed E-state index contributed by atoms with van der Waals surface area (Å²) in [5.41, 5.74) is 3.49. The van der Waals surface area contributed by atoms with Gasteiger partial charge in [-0.3, -0.25) is 4.79 Å². The number of nitrogens with zero attached hydrogens (tertiary/aromatic N) is 2. The highest BCUT2D eigenvalue weighted by Crippen LogP contribution is 2.43. The number of rotatable bonds is 6. The van der Waals surface area contributed by atoms with E-state index in [1.807, 2.05) is 12.1 Å². The van der Waals surface area contributed by atoms with Gasteiger partial charge < -0.3 is 9.67 Å². The van der Waals surface area contributed by atoms with E-state index in [0.29, 0.717) is 0 Å².